The maximum Gasteiger partial charge on any atom is 0.119 e. The molecular formula is C20H30O. The zero-order chi connectivity index (χ0) is 14.9. The highest BCUT2D eigenvalue weighted by Crippen LogP contribution is 2.30. The quantitative estimate of drug-likeness (QED) is 0.514. The third kappa shape index (κ3) is 5.57. The van der Waals surface area contributed by atoms with Crippen LogP contribution in [0.15, 0.2) is 30.3 Å². The van der Waals surface area contributed by atoms with Crippen LogP contribution in [0.25, 0.3) is 5.57 Å². The summed E-state index contributed by atoms with van der Waals surface area (Å²) in [6, 6.07) is 8.68. The molecule has 0 bridgehead atoms. The molecule has 0 radical (unpaired) electrons. The van der Waals surface area contributed by atoms with Gasteiger partial charge in [0.05, 0.1) is 6.61 Å². The molecule has 1 unspecified atom stereocenters. The van der Waals surface area contributed by atoms with Crippen molar-refractivity contribution in [2.75, 3.05) is 6.61 Å². The van der Waals surface area contributed by atoms with Crippen molar-refractivity contribution < 1.29 is 4.74 Å². The van der Waals surface area contributed by atoms with Crippen molar-refractivity contribution in [3.63, 3.8) is 0 Å². The molecule has 116 valence electrons. The number of hydrogen-bond acceptors (Lipinski definition) is 1. The smallest absolute Gasteiger partial charge is 0.119 e. The van der Waals surface area contributed by atoms with Gasteiger partial charge in [-0.2, -0.15) is 0 Å². The first-order valence-corrected chi connectivity index (χ1v) is 8.72. The Kier molecular flexibility index (Phi) is 6.85. The molecule has 21 heavy (non-hydrogen) atoms. The van der Waals surface area contributed by atoms with Gasteiger partial charge in [0, 0.05) is 0 Å². The van der Waals surface area contributed by atoms with Crippen LogP contribution in [-0.2, 0) is 0 Å². The molecular weight excluding hydrogens is 256 g/mol. The highest BCUT2D eigenvalue weighted by Gasteiger charge is 2.11. The summed E-state index contributed by atoms with van der Waals surface area (Å²) >= 11 is 0. The lowest BCUT2D eigenvalue weighted by atomic mass is 9.88. The Labute approximate surface area is 130 Å². The van der Waals surface area contributed by atoms with Crippen LogP contribution in [0.3, 0.4) is 0 Å². The Balaban J connectivity index is 1.74. The van der Waals surface area contributed by atoms with Crippen molar-refractivity contribution in [2.45, 2.75) is 65.2 Å². The fourth-order valence-electron chi connectivity index (χ4n) is 2.89. The van der Waals surface area contributed by atoms with Gasteiger partial charge >= 0.3 is 0 Å². The first kappa shape index (κ1) is 16.1. The van der Waals surface area contributed by atoms with Crippen LogP contribution in [0.1, 0.15) is 70.8 Å². The molecule has 2 rings (SSSR count). The molecule has 0 saturated heterocycles. The highest BCUT2D eigenvalue weighted by molar-refractivity contribution is 5.66. The van der Waals surface area contributed by atoms with Gasteiger partial charge in [-0.25, -0.2) is 0 Å². The molecule has 0 amide bonds. The lowest BCUT2D eigenvalue weighted by molar-refractivity contribution is 0.304. The number of allylic oxidation sites excluding steroid dienone is 2. The highest BCUT2D eigenvalue weighted by atomic mass is 16.5. The van der Waals surface area contributed by atoms with E-state index < -0.39 is 0 Å². The predicted molar refractivity (Wildman–Crippen MR) is 91.7 cm³/mol. The topological polar surface area (TPSA) is 9.23 Å². The average Bonchev–Trinajstić information content (AvgIpc) is 2.52. The van der Waals surface area contributed by atoms with Crippen LogP contribution in [0.5, 0.6) is 5.75 Å². The van der Waals surface area contributed by atoms with Crippen LogP contribution < -0.4 is 4.74 Å². The summed E-state index contributed by atoms with van der Waals surface area (Å²) in [4.78, 5) is 0. The van der Waals surface area contributed by atoms with Crippen molar-refractivity contribution in [2.24, 2.45) is 5.92 Å². The monoisotopic (exact) mass is 286 g/mol. The number of rotatable bonds is 8. The number of ether oxygens (including phenoxy) is 1. The van der Waals surface area contributed by atoms with E-state index in [1.165, 1.54) is 62.5 Å². The molecule has 1 aliphatic rings. The molecule has 1 atom stereocenters. The van der Waals surface area contributed by atoms with E-state index in [0.717, 1.165) is 18.3 Å². The largest absolute Gasteiger partial charge is 0.494 e. The van der Waals surface area contributed by atoms with Crippen LogP contribution in [0, 0.1) is 5.92 Å². The van der Waals surface area contributed by atoms with Crippen LogP contribution >= 0.6 is 0 Å². The lowest BCUT2D eigenvalue weighted by Crippen LogP contribution is -2.01. The molecule has 0 heterocycles. The Bertz CT molecular complexity index is 430. The molecule has 0 fully saturated rings. The first-order chi connectivity index (χ1) is 10.3. The Morgan fingerprint density at radius 2 is 1.81 bits per heavy atom. The minimum atomic E-state index is 0.850. The maximum absolute atomic E-state index is 5.83. The Morgan fingerprint density at radius 1 is 1.05 bits per heavy atom. The van der Waals surface area contributed by atoms with Gasteiger partial charge in [0.25, 0.3) is 0 Å². The van der Waals surface area contributed by atoms with Crippen molar-refractivity contribution in [1.29, 1.82) is 0 Å². The fourth-order valence-corrected chi connectivity index (χ4v) is 2.89. The molecule has 1 aliphatic carbocycles. The van der Waals surface area contributed by atoms with Gasteiger partial charge in [-0.3, -0.25) is 0 Å². The molecule has 1 nitrogen and oxygen atoms in total. The Morgan fingerprint density at radius 3 is 2.48 bits per heavy atom. The van der Waals surface area contributed by atoms with Gasteiger partial charge in [-0.15, -0.1) is 0 Å². The Hall–Kier alpha value is -1.24. The van der Waals surface area contributed by atoms with Crippen molar-refractivity contribution >= 4 is 5.57 Å². The van der Waals surface area contributed by atoms with Crippen LogP contribution in [0.4, 0.5) is 0 Å². The molecule has 0 aliphatic heterocycles. The fraction of sp³-hybridized carbons (Fsp3) is 0.600. The molecule has 1 heteroatoms. The van der Waals surface area contributed by atoms with E-state index in [-0.39, 0.29) is 0 Å². The molecule has 0 N–H and O–H groups in total. The summed E-state index contributed by atoms with van der Waals surface area (Å²) in [6.07, 6.45) is 12.6. The third-order valence-electron chi connectivity index (χ3n) is 4.41. The molecule has 0 saturated carbocycles. The molecule has 1 aromatic rings. The standard InChI is InChI=1S/C20H30O/c1-3-4-5-6-7-16-21-20-14-12-19(13-15-20)18-10-8-17(2)9-11-18/h10,12-15,17H,3-9,11,16H2,1-2H3. The van der Waals surface area contributed by atoms with E-state index >= 15 is 0 Å². The second kappa shape index (κ2) is 8.92. The van der Waals surface area contributed by atoms with E-state index in [1.807, 2.05) is 0 Å². The minimum absolute atomic E-state index is 0.850. The van der Waals surface area contributed by atoms with Gasteiger partial charge in [-0.05, 0) is 54.9 Å². The van der Waals surface area contributed by atoms with Crippen LogP contribution in [-0.4, -0.2) is 6.61 Å². The third-order valence-corrected chi connectivity index (χ3v) is 4.41. The molecule has 1 aromatic carbocycles. The van der Waals surface area contributed by atoms with E-state index in [1.54, 1.807) is 0 Å². The SMILES string of the molecule is CCCCCCCOc1ccc(C2=CCC(C)CC2)cc1. The maximum atomic E-state index is 5.83. The van der Waals surface area contributed by atoms with E-state index in [2.05, 4.69) is 44.2 Å². The van der Waals surface area contributed by atoms with Crippen LogP contribution in [0.2, 0.25) is 0 Å². The second-order valence-corrected chi connectivity index (χ2v) is 6.40. The van der Waals surface area contributed by atoms with Crippen molar-refractivity contribution in [1.82, 2.24) is 0 Å². The summed E-state index contributed by atoms with van der Waals surface area (Å²) in [5.74, 6) is 1.86. The number of hydrogen-bond donors (Lipinski definition) is 0. The van der Waals surface area contributed by atoms with E-state index in [9.17, 15) is 0 Å². The lowest BCUT2D eigenvalue weighted by Gasteiger charge is -2.18. The van der Waals surface area contributed by atoms with Gasteiger partial charge in [0.2, 0.25) is 0 Å². The number of benzene rings is 1. The average molecular weight is 286 g/mol. The second-order valence-electron chi connectivity index (χ2n) is 6.40. The van der Waals surface area contributed by atoms with Gasteiger partial charge in [0.15, 0.2) is 0 Å². The van der Waals surface area contributed by atoms with Crippen molar-refractivity contribution in [3.05, 3.63) is 35.9 Å². The summed E-state index contributed by atoms with van der Waals surface area (Å²) in [6.45, 7) is 5.44. The molecule has 0 aromatic heterocycles. The summed E-state index contributed by atoms with van der Waals surface area (Å²) in [5.41, 5.74) is 2.89. The van der Waals surface area contributed by atoms with E-state index in [0.29, 0.717) is 0 Å². The van der Waals surface area contributed by atoms with Crippen molar-refractivity contribution in [3.8, 4) is 5.75 Å². The minimum Gasteiger partial charge on any atom is -0.494 e. The first-order valence-electron chi connectivity index (χ1n) is 8.72. The zero-order valence-corrected chi connectivity index (χ0v) is 13.7. The summed E-state index contributed by atoms with van der Waals surface area (Å²) < 4.78 is 5.83. The normalized spacial score (nSPS) is 18.4. The zero-order valence-electron chi connectivity index (χ0n) is 13.7. The number of unbranched alkanes of at least 4 members (excludes halogenated alkanes) is 4. The van der Waals surface area contributed by atoms with E-state index in [4.69, 9.17) is 4.74 Å². The van der Waals surface area contributed by atoms with Gasteiger partial charge in [-0.1, -0.05) is 57.7 Å². The summed E-state index contributed by atoms with van der Waals surface area (Å²) in [7, 11) is 0. The predicted octanol–water partition coefficient (Wildman–Crippen LogP) is 6.24. The molecule has 0 spiro atoms. The van der Waals surface area contributed by atoms with Gasteiger partial charge in [0.1, 0.15) is 5.75 Å². The van der Waals surface area contributed by atoms with Gasteiger partial charge < -0.3 is 4.74 Å². The summed E-state index contributed by atoms with van der Waals surface area (Å²) in [5, 5.41) is 0.